The van der Waals surface area contributed by atoms with Crippen LogP contribution >= 0.6 is 0 Å². The molecule has 0 bridgehead atoms. The molecule has 0 spiro atoms. The molecular weight excluding hydrogens is 212 g/mol. The fourth-order valence-corrected chi connectivity index (χ4v) is 2.55. The summed E-state index contributed by atoms with van der Waals surface area (Å²) in [6, 6.07) is 4.14. The Labute approximate surface area is 104 Å². The van der Waals surface area contributed by atoms with Gasteiger partial charge in [-0.2, -0.15) is 0 Å². The highest BCUT2D eigenvalue weighted by Gasteiger charge is 2.24. The molecule has 0 aliphatic rings. The zero-order valence-corrected chi connectivity index (χ0v) is 11.4. The first kappa shape index (κ1) is 13.8. The van der Waals surface area contributed by atoms with Gasteiger partial charge < -0.3 is 5.11 Å². The van der Waals surface area contributed by atoms with E-state index < -0.39 is 5.97 Å². The van der Waals surface area contributed by atoms with Crippen molar-refractivity contribution in [2.45, 2.75) is 47.0 Å². The maximum Gasteiger partial charge on any atom is 0.311 e. The molecular formula is C15H22O2. The first-order valence-corrected chi connectivity index (χ1v) is 6.13. The number of aryl methyl sites for hydroxylation is 3. The van der Waals surface area contributed by atoms with E-state index in [-0.39, 0.29) is 5.92 Å². The summed E-state index contributed by atoms with van der Waals surface area (Å²) in [7, 11) is 0. The average molecular weight is 234 g/mol. The van der Waals surface area contributed by atoms with Gasteiger partial charge in [0, 0.05) is 0 Å². The second-order valence-electron chi connectivity index (χ2n) is 5.33. The molecule has 0 saturated heterocycles. The molecule has 1 aromatic carbocycles. The number of carboxylic acids is 1. The van der Waals surface area contributed by atoms with Gasteiger partial charge in [0.2, 0.25) is 0 Å². The van der Waals surface area contributed by atoms with Crippen molar-refractivity contribution in [3.63, 3.8) is 0 Å². The molecule has 0 aliphatic heterocycles. The largest absolute Gasteiger partial charge is 0.481 e. The predicted octanol–water partition coefficient (Wildman–Crippen LogP) is 3.83. The van der Waals surface area contributed by atoms with E-state index in [0.29, 0.717) is 12.3 Å². The molecule has 1 rings (SSSR count). The van der Waals surface area contributed by atoms with Crippen LogP contribution < -0.4 is 0 Å². The lowest BCUT2D eigenvalue weighted by atomic mass is 9.84. The Morgan fingerprint density at radius 2 is 1.65 bits per heavy atom. The summed E-state index contributed by atoms with van der Waals surface area (Å²) in [5.74, 6) is -0.708. The Kier molecular flexibility index (Phi) is 4.33. The summed E-state index contributed by atoms with van der Waals surface area (Å²) in [4.78, 5) is 11.4. The highest BCUT2D eigenvalue weighted by molar-refractivity contribution is 5.77. The van der Waals surface area contributed by atoms with Gasteiger partial charge in [-0.05, 0) is 49.8 Å². The Morgan fingerprint density at radius 3 is 2.00 bits per heavy atom. The van der Waals surface area contributed by atoms with E-state index in [1.165, 1.54) is 5.56 Å². The van der Waals surface area contributed by atoms with Gasteiger partial charge in [-0.3, -0.25) is 4.79 Å². The topological polar surface area (TPSA) is 37.3 Å². The monoisotopic (exact) mass is 234 g/mol. The lowest BCUT2D eigenvalue weighted by molar-refractivity contribution is -0.139. The van der Waals surface area contributed by atoms with Crippen LogP contribution in [0.5, 0.6) is 0 Å². The summed E-state index contributed by atoms with van der Waals surface area (Å²) in [6.45, 7) is 10.2. The number of aliphatic carboxylic acids is 1. The third-order valence-electron chi connectivity index (χ3n) is 3.09. The van der Waals surface area contributed by atoms with Crippen molar-refractivity contribution < 1.29 is 9.90 Å². The SMILES string of the molecule is Cc1cc(C)c(C(CC(C)C)C(=O)O)c(C)c1. The standard InChI is InChI=1S/C15H22O2/c1-9(2)6-13(15(16)17)14-11(4)7-10(3)8-12(14)5/h7-9,13H,6H2,1-5H3,(H,16,17). The highest BCUT2D eigenvalue weighted by Crippen LogP contribution is 2.30. The summed E-state index contributed by atoms with van der Waals surface area (Å²) in [6.07, 6.45) is 0.695. The van der Waals surface area contributed by atoms with Crippen molar-refractivity contribution >= 4 is 5.97 Å². The molecule has 94 valence electrons. The number of rotatable bonds is 4. The molecule has 0 aromatic heterocycles. The van der Waals surface area contributed by atoms with E-state index in [9.17, 15) is 9.90 Å². The van der Waals surface area contributed by atoms with Crippen LogP contribution in [0, 0.1) is 26.7 Å². The van der Waals surface area contributed by atoms with Crippen LogP contribution in [0.1, 0.15) is 48.4 Å². The Balaban J connectivity index is 3.23. The minimum Gasteiger partial charge on any atom is -0.481 e. The van der Waals surface area contributed by atoms with Gasteiger partial charge in [0.05, 0.1) is 5.92 Å². The van der Waals surface area contributed by atoms with Crippen LogP contribution in [-0.4, -0.2) is 11.1 Å². The normalized spacial score (nSPS) is 12.8. The molecule has 0 fully saturated rings. The molecule has 17 heavy (non-hydrogen) atoms. The van der Waals surface area contributed by atoms with Gasteiger partial charge in [-0.1, -0.05) is 31.5 Å². The molecule has 0 saturated carbocycles. The zero-order valence-electron chi connectivity index (χ0n) is 11.4. The average Bonchev–Trinajstić information content (AvgIpc) is 2.13. The molecule has 1 atom stereocenters. The molecule has 1 unspecified atom stereocenters. The van der Waals surface area contributed by atoms with Gasteiger partial charge >= 0.3 is 5.97 Å². The number of hydrogen-bond acceptors (Lipinski definition) is 1. The van der Waals surface area contributed by atoms with E-state index in [2.05, 4.69) is 26.0 Å². The number of carbonyl (C=O) groups is 1. The minimum atomic E-state index is -0.714. The van der Waals surface area contributed by atoms with E-state index >= 15 is 0 Å². The summed E-state index contributed by atoms with van der Waals surface area (Å²) < 4.78 is 0. The minimum absolute atomic E-state index is 0.379. The molecule has 1 aromatic rings. The maximum atomic E-state index is 11.4. The maximum absolute atomic E-state index is 11.4. The van der Waals surface area contributed by atoms with Crippen LogP contribution in [0.3, 0.4) is 0 Å². The first-order valence-electron chi connectivity index (χ1n) is 6.13. The fourth-order valence-electron chi connectivity index (χ4n) is 2.55. The third-order valence-corrected chi connectivity index (χ3v) is 3.09. The van der Waals surface area contributed by atoms with Gasteiger partial charge in [0.15, 0.2) is 0 Å². The van der Waals surface area contributed by atoms with Crippen LogP contribution in [0.4, 0.5) is 0 Å². The van der Waals surface area contributed by atoms with Crippen LogP contribution in [0.2, 0.25) is 0 Å². The van der Waals surface area contributed by atoms with Gasteiger partial charge in [-0.25, -0.2) is 0 Å². The van der Waals surface area contributed by atoms with E-state index in [4.69, 9.17) is 0 Å². The van der Waals surface area contributed by atoms with Crippen molar-refractivity contribution in [3.8, 4) is 0 Å². The van der Waals surface area contributed by atoms with Crippen molar-refractivity contribution in [1.29, 1.82) is 0 Å². The van der Waals surface area contributed by atoms with Crippen LogP contribution in [-0.2, 0) is 4.79 Å². The molecule has 2 nitrogen and oxygen atoms in total. The lowest BCUT2D eigenvalue weighted by Gasteiger charge is -2.20. The van der Waals surface area contributed by atoms with Crippen LogP contribution in [0.25, 0.3) is 0 Å². The number of carboxylic acid groups (broad SMARTS) is 1. The lowest BCUT2D eigenvalue weighted by Crippen LogP contribution is -2.16. The Bertz CT molecular complexity index is 396. The quantitative estimate of drug-likeness (QED) is 0.859. The van der Waals surface area contributed by atoms with E-state index in [0.717, 1.165) is 16.7 Å². The number of hydrogen-bond donors (Lipinski definition) is 1. The fraction of sp³-hybridized carbons (Fsp3) is 0.533. The molecule has 1 N–H and O–H groups in total. The van der Waals surface area contributed by atoms with Gasteiger partial charge in [0.1, 0.15) is 0 Å². The Hall–Kier alpha value is -1.31. The van der Waals surface area contributed by atoms with E-state index in [1.807, 2.05) is 20.8 Å². The summed E-state index contributed by atoms with van der Waals surface area (Å²) in [5.41, 5.74) is 4.38. The summed E-state index contributed by atoms with van der Waals surface area (Å²) in [5, 5.41) is 9.39. The molecule has 0 radical (unpaired) electrons. The second-order valence-corrected chi connectivity index (χ2v) is 5.33. The zero-order chi connectivity index (χ0) is 13.2. The first-order chi connectivity index (χ1) is 7.82. The van der Waals surface area contributed by atoms with Crippen molar-refractivity contribution in [1.82, 2.24) is 0 Å². The van der Waals surface area contributed by atoms with Gasteiger partial charge in [-0.15, -0.1) is 0 Å². The van der Waals surface area contributed by atoms with E-state index in [1.54, 1.807) is 0 Å². The molecule has 0 amide bonds. The second kappa shape index (κ2) is 5.35. The third kappa shape index (κ3) is 3.32. The highest BCUT2D eigenvalue weighted by atomic mass is 16.4. The van der Waals surface area contributed by atoms with Crippen molar-refractivity contribution in [2.75, 3.05) is 0 Å². The Morgan fingerprint density at radius 1 is 1.18 bits per heavy atom. The smallest absolute Gasteiger partial charge is 0.311 e. The molecule has 0 aliphatic carbocycles. The summed E-state index contributed by atoms with van der Waals surface area (Å²) >= 11 is 0. The van der Waals surface area contributed by atoms with Gasteiger partial charge in [0.25, 0.3) is 0 Å². The van der Waals surface area contributed by atoms with Crippen LogP contribution in [0.15, 0.2) is 12.1 Å². The molecule has 0 heterocycles. The predicted molar refractivity (Wildman–Crippen MR) is 70.5 cm³/mol. The number of benzene rings is 1. The van der Waals surface area contributed by atoms with Crippen molar-refractivity contribution in [2.24, 2.45) is 5.92 Å². The molecule has 2 heteroatoms. The van der Waals surface area contributed by atoms with Crippen molar-refractivity contribution in [3.05, 3.63) is 34.4 Å².